The molecular formula is C7H13N3O2. The van der Waals surface area contributed by atoms with Crippen LogP contribution in [0.5, 0.6) is 0 Å². The molecule has 1 rings (SSSR count). The number of nitrogens with zero attached hydrogens (tertiary/aromatic N) is 1. The van der Waals surface area contributed by atoms with E-state index in [1.54, 1.807) is 0 Å². The number of H-pyrrole nitrogens is 1. The highest BCUT2D eigenvalue weighted by molar-refractivity contribution is 5.04. The van der Waals surface area contributed by atoms with E-state index in [-0.39, 0.29) is 12.2 Å². The third-order valence-corrected chi connectivity index (χ3v) is 1.72. The predicted molar refractivity (Wildman–Crippen MR) is 44.7 cm³/mol. The van der Waals surface area contributed by atoms with E-state index in [9.17, 15) is 4.79 Å². The Hall–Kier alpha value is -1.07. The van der Waals surface area contributed by atoms with Crippen molar-refractivity contribution >= 4 is 0 Å². The van der Waals surface area contributed by atoms with E-state index in [4.69, 9.17) is 10.8 Å². The minimum absolute atomic E-state index is 0.114. The number of aromatic amines is 1. The average Bonchev–Trinajstić information content (AvgIpc) is 2.45. The Morgan fingerprint density at radius 3 is 2.92 bits per heavy atom. The average molecular weight is 171 g/mol. The van der Waals surface area contributed by atoms with Gasteiger partial charge in [-0.1, -0.05) is 0 Å². The third-order valence-electron chi connectivity index (χ3n) is 1.72. The molecule has 12 heavy (non-hydrogen) atoms. The summed E-state index contributed by atoms with van der Waals surface area (Å²) in [6.07, 6.45) is 0. The number of aryl methyl sites for hydroxylation is 1. The van der Waals surface area contributed by atoms with Crippen LogP contribution in [0.3, 0.4) is 0 Å². The van der Waals surface area contributed by atoms with Gasteiger partial charge in [0.15, 0.2) is 0 Å². The van der Waals surface area contributed by atoms with Crippen LogP contribution in [-0.4, -0.2) is 21.5 Å². The zero-order chi connectivity index (χ0) is 9.14. The summed E-state index contributed by atoms with van der Waals surface area (Å²) in [4.78, 5) is 11.1. The Balaban J connectivity index is 2.96. The smallest absolute Gasteiger partial charge is 0.266 e. The molecule has 1 atom stereocenters. The molecule has 0 fully saturated rings. The lowest BCUT2D eigenvalue weighted by Crippen LogP contribution is -2.16. The molecule has 1 unspecified atom stereocenters. The van der Waals surface area contributed by atoms with E-state index in [1.165, 1.54) is 10.7 Å². The molecule has 0 saturated carbocycles. The van der Waals surface area contributed by atoms with Crippen molar-refractivity contribution in [2.24, 2.45) is 5.73 Å². The SMILES string of the molecule is CCn1[nH]c(C(N)CO)cc1=O. The number of rotatable bonds is 3. The van der Waals surface area contributed by atoms with Crippen molar-refractivity contribution in [3.8, 4) is 0 Å². The van der Waals surface area contributed by atoms with Crippen LogP contribution in [0.25, 0.3) is 0 Å². The van der Waals surface area contributed by atoms with Crippen molar-refractivity contribution in [2.75, 3.05) is 6.61 Å². The van der Waals surface area contributed by atoms with E-state index in [2.05, 4.69) is 5.10 Å². The topological polar surface area (TPSA) is 84.0 Å². The standard InChI is InChI=1S/C7H13N3O2/c1-2-10-7(12)3-6(9-10)5(8)4-11/h3,5,9,11H,2,4,8H2,1H3. The van der Waals surface area contributed by atoms with Crippen LogP contribution < -0.4 is 11.3 Å². The van der Waals surface area contributed by atoms with Crippen LogP contribution in [0.2, 0.25) is 0 Å². The summed E-state index contributed by atoms with van der Waals surface area (Å²) in [7, 11) is 0. The molecule has 5 nitrogen and oxygen atoms in total. The van der Waals surface area contributed by atoms with Gasteiger partial charge in [-0.25, -0.2) is 0 Å². The fraction of sp³-hybridized carbons (Fsp3) is 0.571. The maximum atomic E-state index is 11.1. The number of aromatic nitrogens is 2. The van der Waals surface area contributed by atoms with Crippen molar-refractivity contribution in [1.29, 1.82) is 0 Å². The number of hydrogen-bond donors (Lipinski definition) is 3. The lowest BCUT2D eigenvalue weighted by Gasteiger charge is -2.03. The summed E-state index contributed by atoms with van der Waals surface area (Å²) in [5.74, 6) is 0. The van der Waals surface area contributed by atoms with Crippen molar-refractivity contribution in [1.82, 2.24) is 9.78 Å². The van der Waals surface area contributed by atoms with E-state index in [0.717, 1.165) is 0 Å². The second-order valence-corrected chi connectivity index (χ2v) is 2.58. The molecule has 0 aromatic carbocycles. The normalized spacial score (nSPS) is 13.2. The molecule has 0 radical (unpaired) electrons. The zero-order valence-electron chi connectivity index (χ0n) is 6.95. The Labute approximate surface area is 69.8 Å². The van der Waals surface area contributed by atoms with Gasteiger partial charge in [-0.05, 0) is 6.92 Å². The van der Waals surface area contributed by atoms with Crippen molar-refractivity contribution in [3.63, 3.8) is 0 Å². The fourth-order valence-corrected chi connectivity index (χ4v) is 0.977. The molecule has 0 amide bonds. The van der Waals surface area contributed by atoms with E-state index >= 15 is 0 Å². The van der Waals surface area contributed by atoms with Gasteiger partial charge < -0.3 is 10.8 Å². The highest BCUT2D eigenvalue weighted by Gasteiger charge is 2.08. The first-order valence-corrected chi connectivity index (χ1v) is 3.85. The number of aliphatic hydroxyl groups excluding tert-OH is 1. The molecule has 1 aromatic rings. The van der Waals surface area contributed by atoms with Crippen LogP contribution in [0.15, 0.2) is 10.9 Å². The van der Waals surface area contributed by atoms with Gasteiger partial charge in [-0.2, -0.15) is 0 Å². The first-order valence-electron chi connectivity index (χ1n) is 3.85. The third kappa shape index (κ3) is 1.57. The molecular weight excluding hydrogens is 158 g/mol. The van der Waals surface area contributed by atoms with Crippen LogP contribution in [-0.2, 0) is 6.54 Å². The summed E-state index contributed by atoms with van der Waals surface area (Å²) in [6.45, 7) is 2.27. The number of nitrogens with one attached hydrogen (secondary N) is 1. The number of aliphatic hydroxyl groups is 1. The molecule has 1 aromatic heterocycles. The number of hydrogen-bond acceptors (Lipinski definition) is 3. The summed E-state index contributed by atoms with van der Waals surface area (Å²) >= 11 is 0. The first kappa shape index (κ1) is 9.02. The van der Waals surface area contributed by atoms with Gasteiger partial charge >= 0.3 is 0 Å². The molecule has 0 bridgehead atoms. The Morgan fingerprint density at radius 2 is 2.50 bits per heavy atom. The minimum atomic E-state index is -0.495. The molecule has 0 saturated heterocycles. The fourth-order valence-electron chi connectivity index (χ4n) is 0.977. The Bertz CT molecular complexity index is 302. The maximum Gasteiger partial charge on any atom is 0.266 e. The molecule has 4 N–H and O–H groups in total. The van der Waals surface area contributed by atoms with Crippen LogP contribution in [0, 0.1) is 0 Å². The number of nitrogens with two attached hydrogens (primary N) is 1. The molecule has 0 aliphatic rings. The van der Waals surface area contributed by atoms with Gasteiger partial charge in [-0.3, -0.25) is 14.6 Å². The second kappa shape index (κ2) is 3.55. The largest absolute Gasteiger partial charge is 0.394 e. The molecule has 0 aliphatic heterocycles. The van der Waals surface area contributed by atoms with Crippen molar-refractivity contribution in [2.45, 2.75) is 19.5 Å². The van der Waals surface area contributed by atoms with E-state index in [1.807, 2.05) is 6.92 Å². The summed E-state index contributed by atoms with van der Waals surface area (Å²) in [5.41, 5.74) is 5.96. The summed E-state index contributed by atoms with van der Waals surface area (Å²) in [5, 5.41) is 11.5. The molecule has 0 spiro atoms. The molecule has 1 heterocycles. The summed E-state index contributed by atoms with van der Waals surface area (Å²) in [6, 6.07) is 0.912. The Kier molecular flexibility index (Phi) is 2.67. The quantitative estimate of drug-likeness (QED) is 0.556. The monoisotopic (exact) mass is 171 g/mol. The molecule has 68 valence electrons. The van der Waals surface area contributed by atoms with Crippen molar-refractivity contribution < 1.29 is 5.11 Å². The van der Waals surface area contributed by atoms with Gasteiger partial charge in [0.25, 0.3) is 5.56 Å². The Morgan fingerprint density at radius 1 is 1.83 bits per heavy atom. The lowest BCUT2D eigenvalue weighted by atomic mass is 10.2. The minimum Gasteiger partial charge on any atom is -0.394 e. The highest BCUT2D eigenvalue weighted by atomic mass is 16.3. The van der Waals surface area contributed by atoms with Gasteiger partial charge in [0.2, 0.25) is 0 Å². The highest BCUT2D eigenvalue weighted by Crippen LogP contribution is 2.01. The van der Waals surface area contributed by atoms with Gasteiger partial charge in [0.1, 0.15) is 0 Å². The van der Waals surface area contributed by atoms with E-state index < -0.39 is 6.04 Å². The lowest BCUT2D eigenvalue weighted by molar-refractivity contribution is 0.265. The van der Waals surface area contributed by atoms with Crippen LogP contribution in [0.1, 0.15) is 18.7 Å². The zero-order valence-corrected chi connectivity index (χ0v) is 6.95. The first-order chi connectivity index (χ1) is 5.69. The van der Waals surface area contributed by atoms with Gasteiger partial charge in [0, 0.05) is 12.6 Å². The van der Waals surface area contributed by atoms with Crippen LogP contribution in [0.4, 0.5) is 0 Å². The van der Waals surface area contributed by atoms with E-state index in [0.29, 0.717) is 12.2 Å². The molecule has 0 aliphatic carbocycles. The van der Waals surface area contributed by atoms with Gasteiger partial charge in [-0.15, -0.1) is 0 Å². The summed E-state index contributed by atoms with van der Waals surface area (Å²) < 4.78 is 1.44. The molecule has 5 heteroatoms. The van der Waals surface area contributed by atoms with Crippen LogP contribution >= 0.6 is 0 Å². The predicted octanol–water partition coefficient (Wildman–Crippen LogP) is -0.812. The van der Waals surface area contributed by atoms with Crippen molar-refractivity contribution in [3.05, 3.63) is 22.1 Å². The maximum absolute atomic E-state index is 11.1. The second-order valence-electron chi connectivity index (χ2n) is 2.58. The van der Waals surface area contributed by atoms with Gasteiger partial charge in [0.05, 0.1) is 18.3 Å².